The molecule has 0 aromatic carbocycles. The van der Waals surface area contributed by atoms with Crippen LogP contribution in [0.2, 0.25) is 8.67 Å². The van der Waals surface area contributed by atoms with E-state index >= 15 is 0 Å². The van der Waals surface area contributed by atoms with Crippen molar-refractivity contribution in [3.8, 4) is 0 Å². The Kier molecular flexibility index (Phi) is 4.31. The Bertz CT molecular complexity index is 553. The van der Waals surface area contributed by atoms with Gasteiger partial charge in [0.1, 0.15) is 10.1 Å². The Morgan fingerprint density at radius 2 is 1.70 bits per heavy atom. The van der Waals surface area contributed by atoms with E-state index in [2.05, 4.69) is 0 Å². The Hall–Kier alpha value is -0.0651. The maximum Gasteiger partial charge on any atom is 0.525 e. The predicted octanol–water partition coefficient (Wildman–Crippen LogP) is 5.39. The number of halogens is 3. The van der Waals surface area contributed by atoms with Crippen LogP contribution in [-0.2, 0) is 9.31 Å². The molecule has 1 aliphatic rings. The van der Waals surface area contributed by atoms with Gasteiger partial charge in [0.2, 0.25) is 0 Å². The summed E-state index contributed by atoms with van der Waals surface area (Å²) in [6.07, 6.45) is 0. The van der Waals surface area contributed by atoms with Crippen molar-refractivity contribution in [1.29, 1.82) is 0 Å². The van der Waals surface area contributed by atoms with E-state index < -0.39 is 24.0 Å². The smallest absolute Gasteiger partial charge is 0.398 e. The van der Waals surface area contributed by atoms with Crippen LogP contribution in [0, 0.1) is 0 Å². The zero-order valence-corrected chi connectivity index (χ0v) is 14.3. The third-order valence-corrected chi connectivity index (χ3v) is 5.37. The molecule has 0 aliphatic carbocycles. The van der Waals surface area contributed by atoms with Crippen molar-refractivity contribution in [2.75, 3.05) is 0 Å². The van der Waals surface area contributed by atoms with Gasteiger partial charge < -0.3 is 9.31 Å². The summed E-state index contributed by atoms with van der Waals surface area (Å²) in [5, 5.41) is 0. The summed E-state index contributed by atoms with van der Waals surface area (Å²) in [7, 11) is -1.02. The van der Waals surface area contributed by atoms with E-state index in [1.807, 2.05) is 27.7 Å². The standard InChI is InChI=1S/C13H16BCl2FO2S/c1-7(8-6-9(15)20-11(8)16)10(17)14-18-12(2,3)13(4,5)19-14/h6H,1-5H3. The molecule has 0 unspecified atom stereocenters. The second-order valence-electron chi connectivity index (χ2n) is 5.80. The molecule has 0 radical (unpaired) electrons. The minimum atomic E-state index is -1.02. The van der Waals surface area contributed by atoms with E-state index in [0.29, 0.717) is 19.8 Å². The molecule has 0 spiro atoms. The van der Waals surface area contributed by atoms with Crippen LogP contribution in [0.4, 0.5) is 4.39 Å². The summed E-state index contributed by atoms with van der Waals surface area (Å²) in [6, 6.07) is 1.65. The molecular weight excluding hydrogens is 321 g/mol. The molecular formula is C13H16BCl2FO2S. The molecule has 0 N–H and O–H groups in total. The van der Waals surface area contributed by atoms with Gasteiger partial charge in [0, 0.05) is 5.56 Å². The van der Waals surface area contributed by atoms with Gasteiger partial charge in [-0.25, -0.2) is 4.39 Å². The summed E-state index contributed by atoms with van der Waals surface area (Å²) < 4.78 is 26.9. The lowest BCUT2D eigenvalue weighted by molar-refractivity contribution is 0.00578. The summed E-state index contributed by atoms with van der Waals surface area (Å²) in [4.78, 5) is 0. The average Bonchev–Trinajstić information content (AvgIpc) is 2.74. The van der Waals surface area contributed by atoms with Crippen molar-refractivity contribution in [2.45, 2.75) is 45.8 Å². The molecule has 0 atom stereocenters. The molecule has 2 heterocycles. The maximum atomic E-state index is 14.6. The Morgan fingerprint density at radius 3 is 2.10 bits per heavy atom. The molecule has 20 heavy (non-hydrogen) atoms. The molecule has 110 valence electrons. The van der Waals surface area contributed by atoms with Crippen molar-refractivity contribution < 1.29 is 13.7 Å². The van der Waals surface area contributed by atoms with Crippen molar-refractivity contribution in [3.05, 3.63) is 26.0 Å². The van der Waals surface area contributed by atoms with Crippen LogP contribution in [0.1, 0.15) is 40.2 Å². The van der Waals surface area contributed by atoms with E-state index in [9.17, 15) is 4.39 Å². The minimum Gasteiger partial charge on any atom is -0.398 e. The fourth-order valence-electron chi connectivity index (χ4n) is 1.85. The number of allylic oxidation sites excluding steroid dienone is 1. The van der Waals surface area contributed by atoms with Gasteiger partial charge in [0.15, 0.2) is 0 Å². The Morgan fingerprint density at radius 1 is 1.20 bits per heavy atom. The first-order valence-electron chi connectivity index (χ1n) is 6.22. The van der Waals surface area contributed by atoms with Crippen molar-refractivity contribution in [1.82, 2.24) is 0 Å². The first-order valence-corrected chi connectivity index (χ1v) is 7.79. The zero-order chi connectivity index (χ0) is 15.3. The van der Waals surface area contributed by atoms with Gasteiger partial charge in [0.05, 0.1) is 15.5 Å². The highest BCUT2D eigenvalue weighted by molar-refractivity contribution is 7.20. The van der Waals surface area contributed by atoms with Gasteiger partial charge in [-0.2, -0.15) is 0 Å². The van der Waals surface area contributed by atoms with E-state index in [1.165, 1.54) is 11.3 Å². The van der Waals surface area contributed by atoms with Crippen LogP contribution in [0.5, 0.6) is 0 Å². The number of hydrogen-bond donors (Lipinski definition) is 0. The van der Waals surface area contributed by atoms with Crippen molar-refractivity contribution in [3.63, 3.8) is 0 Å². The second-order valence-corrected chi connectivity index (χ2v) is 8.08. The lowest BCUT2D eigenvalue weighted by Gasteiger charge is -2.32. The molecule has 2 rings (SSSR count). The van der Waals surface area contributed by atoms with Crippen LogP contribution >= 0.6 is 34.5 Å². The van der Waals surface area contributed by atoms with Gasteiger partial charge in [0.25, 0.3) is 0 Å². The lowest BCUT2D eigenvalue weighted by atomic mass is 9.84. The van der Waals surface area contributed by atoms with E-state index in [1.54, 1.807) is 13.0 Å². The molecule has 1 aromatic rings. The largest absolute Gasteiger partial charge is 0.525 e. The van der Waals surface area contributed by atoms with Gasteiger partial charge >= 0.3 is 7.12 Å². The van der Waals surface area contributed by atoms with E-state index in [0.717, 1.165) is 0 Å². The van der Waals surface area contributed by atoms with Crippen molar-refractivity contribution >= 4 is 47.2 Å². The zero-order valence-electron chi connectivity index (χ0n) is 12.0. The summed E-state index contributed by atoms with van der Waals surface area (Å²) >= 11 is 13.2. The molecule has 1 fully saturated rings. The van der Waals surface area contributed by atoms with Crippen LogP contribution < -0.4 is 0 Å². The highest BCUT2D eigenvalue weighted by Gasteiger charge is 2.53. The highest BCUT2D eigenvalue weighted by atomic mass is 35.5. The normalized spacial score (nSPS) is 22.1. The number of hydrogen-bond acceptors (Lipinski definition) is 3. The Labute approximate surface area is 133 Å². The topological polar surface area (TPSA) is 18.5 Å². The number of thiophene rings is 1. The lowest BCUT2D eigenvalue weighted by Crippen LogP contribution is -2.41. The molecule has 0 amide bonds. The fraction of sp³-hybridized carbons (Fsp3) is 0.538. The third kappa shape index (κ3) is 2.79. The molecule has 0 bridgehead atoms. The fourth-order valence-corrected chi connectivity index (χ4v) is 3.42. The van der Waals surface area contributed by atoms with Crippen LogP contribution in [-0.4, -0.2) is 18.3 Å². The van der Waals surface area contributed by atoms with Crippen molar-refractivity contribution in [2.24, 2.45) is 0 Å². The minimum absolute atomic E-state index is 0.386. The SMILES string of the molecule is CC(=C(F)B1OC(C)(C)C(C)(C)O1)c1cc(Cl)sc1Cl. The van der Waals surface area contributed by atoms with E-state index in [4.69, 9.17) is 32.5 Å². The van der Waals surface area contributed by atoms with E-state index in [-0.39, 0.29) is 0 Å². The monoisotopic (exact) mass is 336 g/mol. The van der Waals surface area contributed by atoms with Crippen LogP contribution in [0.25, 0.3) is 5.57 Å². The third-order valence-electron chi connectivity index (χ3n) is 3.88. The molecule has 1 aliphatic heterocycles. The summed E-state index contributed by atoms with van der Waals surface area (Å²) in [6.45, 7) is 9.16. The first kappa shape index (κ1) is 16.3. The van der Waals surface area contributed by atoms with Gasteiger partial charge in [-0.15, -0.1) is 11.3 Å². The van der Waals surface area contributed by atoms with Crippen LogP contribution in [0.15, 0.2) is 11.8 Å². The molecule has 2 nitrogen and oxygen atoms in total. The maximum absolute atomic E-state index is 14.6. The van der Waals surface area contributed by atoms with Crippen LogP contribution in [0.3, 0.4) is 0 Å². The van der Waals surface area contributed by atoms with Gasteiger partial charge in [-0.1, -0.05) is 23.2 Å². The first-order chi connectivity index (χ1) is 9.05. The molecule has 7 heteroatoms. The summed E-state index contributed by atoms with van der Waals surface area (Å²) in [5.41, 5.74) is -0.665. The Balaban J connectivity index is 2.34. The summed E-state index contributed by atoms with van der Waals surface area (Å²) in [5.74, 6) is 0. The predicted molar refractivity (Wildman–Crippen MR) is 84.1 cm³/mol. The quantitative estimate of drug-likeness (QED) is 0.674. The molecule has 1 aromatic heterocycles. The molecule has 0 saturated carbocycles. The number of rotatable bonds is 2. The van der Waals surface area contributed by atoms with Gasteiger partial charge in [-0.05, 0) is 46.3 Å². The molecule has 1 saturated heterocycles. The highest BCUT2D eigenvalue weighted by Crippen LogP contribution is 2.42. The second kappa shape index (κ2) is 5.29. The van der Waals surface area contributed by atoms with Gasteiger partial charge in [-0.3, -0.25) is 0 Å². The average molecular weight is 337 g/mol.